The number of amides is 2. The van der Waals surface area contributed by atoms with Gasteiger partial charge < -0.3 is 229 Å². The quantitative estimate of drug-likeness (QED) is 0.0363. The Labute approximate surface area is 598 Å². The van der Waals surface area contributed by atoms with Gasteiger partial charge in [0.15, 0.2) is 56.6 Å². The zero-order valence-electron chi connectivity index (χ0n) is 56.2. The summed E-state index contributed by atoms with van der Waals surface area (Å²) in [7, 11) is 0. The molecule has 9 saturated heterocycles. The van der Waals surface area contributed by atoms with E-state index in [1.807, 2.05) is 0 Å². The molecular formula is C58H98N2O46. The van der Waals surface area contributed by atoms with E-state index in [0.29, 0.717) is 0 Å². The summed E-state index contributed by atoms with van der Waals surface area (Å²) in [6.07, 6.45) is -91.5. The smallest absolute Gasteiger partial charge is 0.217 e. The average Bonchev–Trinajstić information content (AvgIpc) is 0.766. The molecule has 2 amide bonds. The average molecular weight is 1560 g/mol. The fourth-order valence-electron chi connectivity index (χ4n) is 13.5. The van der Waals surface area contributed by atoms with E-state index in [0.717, 1.165) is 13.8 Å². The minimum absolute atomic E-state index is 0.782. The van der Waals surface area contributed by atoms with E-state index < -0.39 is 348 Å². The van der Waals surface area contributed by atoms with Crippen LogP contribution in [0.2, 0.25) is 0 Å². The van der Waals surface area contributed by atoms with Crippen molar-refractivity contribution in [2.45, 2.75) is 290 Å². The van der Waals surface area contributed by atoms with Gasteiger partial charge in [-0.05, 0) is 0 Å². The lowest BCUT2D eigenvalue weighted by molar-refractivity contribution is -0.412. The topological polar surface area (TPSA) is 761 Å². The van der Waals surface area contributed by atoms with Gasteiger partial charge in [-0.25, -0.2) is 0 Å². The van der Waals surface area contributed by atoms with E-state index in [1.54, 1.807) is 0 Å². The second-order valence-corrected chi connectivity index (χ2v) is 26.7. The standard InChI is InChI=1S/C58H98N2O46/c1-12(68)59-23-32(77)44(19(8-66)92-50(23)89)101-51-24(60-13(2)69)33(78)45(20(9-67)98-51)102-56-43(88)47(31(76)22(99-56)11-91-53-40(85)35(80)26(71)15(4-62)94-53)104-58-49(38(83)29(74)21(100-58)10-90-52-39(84)34(79)25(70)14(3-61)93-52)106-57-48(37(82)28(73)17(6-64)97-57)105-55-42(87)46(30(75)18(7-65)96-55)103-54-41(86)36(81)27(72)16(5-63)95-54/h14-58,61-67,70-89H,3-11H2,1-2H3,(H,59,68)(H,60,69)/t14-,15-,16-,17-,18-,19-,20-,21-,22-,23-,24-,25-,26-,27-,28-,29-,30-,31-,32-,33-,34+,35+,36+,37+,38+,39+,40+,41+,42+,43+,44-,45-,46+,47+,48+,49+,50-,51+,52+,53+,54-,55-,56+,57-,58-/m1/s1. The summed E-state index contributed by atoms with van der Waals surface area (Å²) >= 11 is 0. The van der Waals surface area contributed by atoms with Crippen molar-refractivity contribution in [3.05, 3.63) is 0 Å². The normalized spacial score (nSPS) is 51.2. The molecule has 9 heterocycles. The van der Waals surface area contributed by atoms with Gasteiger partial charge >= 0.3 is 0 Å². The van der Waals surface area contributed by atoms with E-state index >= 15 is 0 Å². The summed E-state index contributed by atoms with van der Waals surface area (Å²) in [5.41, 5.74) is 0. The van der Waals surface area contributed by atoms with Crippen LogP contribution in [0.15, 0.2) is 0 Å². The number of hydrogen-bond donors (Lipinski definition) is 29. The van der Waals surface area contributed by atoms with Crippen LogP contribution in [-0.2, 0) is 90.1 Å². The van der Waals surface area contributed by atoms with Crippen molar-refractivity contribution in [1.29, 1.82) is 0 Å². The van der Waals surface area contributed by atoms with Crippen molar-refractivity contribution in [3.63, 3.8) is 0 Å². The van der Waals surface area contributed by atoms with Crippen LogP contribution in [0, 0.1) is 0 Å². The van der Waals surface area contributed by atoms with Gasteiger partial charge in [0, 0.05) is 13.8 Å². The molecular weight excluding hydrogens is 1460 g/mol. The van der Waals surface area contributed by atoms with Crippen LogP contribution >= 0.6 is 0 Å². The fourth-order valence-corrected chi connectivity index (χ4v) is 13.5. The van der Waals surface area contributed by atoms with Gasteiger partial charge in [0.25, 0.3) is 0 Å². The van der Waals surface area contributed by atoms with E-state index in [9.17, 15) is 147 Å². The van der Waals surface area contributed by atoms with Crippen LogP contribution in [-0.4, -0.2) is 485 Å². The molecule has 0 aromatic carbocycles. The lowest BCUT2D eigenvalue weighted by Gasteiger charge is -2.51. The molecule has 0 aromatic heterocycles. The summed E-state index contributed by atoms with van der Waals surface area (Å²) in [5, 5.41) is 302. The maximum absolute atomic E-state index is 12.9. The van der Waals surface area contributed by atoms with Gasteiger partial charge in [-0.2, -0.15) is 0 Å². The Bertz CT molecular complexity index is 2710. The third-order valence-electron chi connectivity index (χ3n) is 19.5. The molecule has 9 rings (SSSR count). The molecule has 48 heteroatoms. The highest BCUT2D eigenvalue weighted by atomic mass is 16.8. The van der Waals surface area contributed by atoms with Crippen LogP contribution < -0.4 is 10.6 Å². The van der Waals surface area contributed by atoms with Crippen LogP contribution in [0.1, 0.15) is 13.8 Å². The minimum atomic E-state index is -2.59. The van der Waals surface area contributed by atoms with Gasteiger partial charge in [0.05, 0.1) is 59.5 Å². The minimum Gasteiger partial charge on any atom is -0.394 e. The van der Waals surface area contributed by atoms with E-state index in [2.05, 4.69) is 10.6 Å². The van der Waals surface area contributed by atoms with Crippen LogP contribution in [0.3, 0.4) is 0 Å². The molecule has 0 saturated carbocycles. The zero-order valence-corrected chi connectivity index (χ0v) is 56.2. The SMILES string of the molecule is CC(=O)N[C@@H]1[C@@H](O)[C@H](O[C@@H]2O[C@H](CO)[C@@H](O[C@@H]3O[C@H](CO[C@H]4O[C@H](CO)[C@@H](O)[C@H](O)[C@@H]4O)[C@@H](O)[C@H](O[C@H]4O[C@H](CO[C@H]5O[C@H](CO)[C@@H](O)[C@H](O)[C@@H]5O)[C@@H](O)[C@H](O)[C@@H]4O[C@H]4O[C@H](CO)[C@@H](O)[C@H](O)[C@@H]4O[C@H]4O[C@H](CO)[C@@H](O)[C@H](O[C@H]5O[C@H](CO)[C@@H](O)[C@H](O)[C@@H]5O)[C@@H]4O)[C@@H]3O)[C@H](O)[C@H]2NC(C)=O)[C@@H](CO)O[C@H]1O. The Morgan fingerprint density at radius 1 is 0.245 bits per heavy atom. The van der Waals surface area contributed by atoms with Gasteiger partial charge in [0.1, 0.15) is 220 Å². The van der Waals surface area contributed by atoms with Gasteiger partial charge in [-0.1, -0.05) is 0 Å². The Balaban J connectivity index is 1.06. The van der Waals surface area contributed by atoms with Crippen molar-refractivity contribution in [1.82, 2.24) is 10.6 Å². The Kier molecular flexibility index (Phi) is 31.1. The van der Waals surface area contributed by atoms with E-state index in [-0.39, 0.29) is 0 Å². The molecule has 0 radical (unpaired) electrons. The lowest BCUT2D eigenvalue weighted by Crippen LogP contribution is -2.70. The third-order valence-corrected chi connectivity index (χ3v) is 19.5. The van der Waals surface area contributed by atoms with Crippen molar-refractivity contribution in [2.75, 3.05) is 59.5 Å². The first-order chi connectivity index (χ1) is 50.2. The molecule has 616 valence electrons. The first-order valence-electron chi connectivity index (χ1n) is 33.7. The monoisotopic (exact) mass is 1560 g/mol. The number of rotatable bonds is 27. The van der Waals surface area contributed by atoms with Crippen molar-refractivity contribution in [2.24, 2.45) is 0 Å². The predicted molar refractivity (Wildman–Crippen MR) is 320 cm³/mol. The highest BCUT2D eigenvalue weighted by molar-refractivity contribution is 5.73. The summed E-state index contributed by atoms with van der Waals surface area (Å²) in [5.74, 6) is -1.72. The molecule has 106 heavy (non-hydrogen) atoms. The fraction of sp³-hybridized carbons (Fsp3) is 0.966. The lowest BCUT2D eigenvalue weighted by atomic mass is 9.94. The van der Waals surface area contributed by atoms with Crippen LogP contribution in [0.4, 0.5) is 0 Å². The summed E-state index contributed by atoms with van der Waals surface area (Å²) < 4.78 is 98.9. The number of hydrogen-bond acceptors (Lipinski definition) is 46. The zero-order chi connectivity index (χ0) is 77.9. The van der Waals surface area contributed by atoms with Gasteiger partial charge in [-0.15, -0.1) is 0 Å². The van der Waals surface area contributed by atoms with Gasteiger partial charge in [0.2, 0.25) is 11.8 Å². The molecule has 9 fully saturated rings. The van der Waals surface area contributed by atoms with Gasteiger partial charge in [-0.3, -0.25) is 9.59 Å². The van der Waals surface area contributed by atoms with Crippen LogP contribution in [0.5, 0.6) is 0 Å². The molecule has 0 unspecified atom stereocenters. The maximum Gasteiger partial charge on any atom is 0.217 e. The third kappa shape index (κ3) is 18.7. The summed E-state index contributed by atoms with van der Waals surface area (Å²) in [6, 6.07) is -3.55. The van der Waals surface area contributed by atoms with Crippen molar-refractivity contribution >= 4 is 11.8 Å². The summed E-state index contributed by atoms with van der Waals surface area (Å²) in [4.78, 5) is 25.0. The van der Waals surface area contributed by atoms with Crippen molar-refractivity contribution < 1.29 is 228 Å². The molecule has 9 aliphatic heterocycles. The first-order valence-corrected chi connectivity index (χ1v) is 33.7. The number of ether oxygens (including phenoxy) is 17. The molecule has 0 bridgehead atoms. The van der Waals surface area contributed by atoms with Crippen LogP contribution in [0.25, 0.3) is 0 Å². The number of nitrogens with one attached hydrogen (secondary N) is 2. The Morgan fingerprint density at radius 3 is 0.943 bits per heavy atom. The predicted octanol–water partition coefficient (Wildman–Crippen LogP) is -20.3. The molecule has 0 aromatic rings. The van der Waals surface area contributed by atoms with E-state index in [4.69, 9.17) is 80.5 Å². The molecule has 48 nitrogen and oxygen atoms in total. The second kappa shape index (κ2) is 37.9. The molecule has 45 atom stereocenters. The molecule has 0 aliphatic carbocycles. The van der Waals surface area contributed by atoms with Crippen molar-refractivity contribution in [3.8, 4) is 0 Å². The summed E-state index contributed by atoms with van der Waals surface area (Å²) in [6.45, 7) is -7.69. The highest BCUT2D eigenvalue weighted by Crippen LogP contribution is 2.40. The number of aliphatic hydroxyl groups excluding tert-OH is 27. The number of aliphatic hydroxyl groups is 27. The number of carbonyl (C=O) groups is 2. The molecule has 9 aliphatic rings. The largest absolute Gasteiger partial charge is 0.394 e. The Morgan fingerprint density at radius 2 is 0.509 bits per heavy atom. The molecule has 29 N–H and O–H groups in total. The first kappa shape index (κ1) is 87.2. The number of carbonyl (C=O) groups excluding carboxylic acids is 2. The maximum atomic E-state index is 12.9. The van der Waals surface area contributed by atoms with E-state index in [1.165, 1.54) is 0 Å². The molecule has 0 spiro atoms. The second-order valence-electron chi connectivity index (χ2n) is 26.7. The highest BCUT2D eigenvalue weighted by Gasteiger charge is 2.61. The Hall–Kier alpha value is -2.82.